The van der Waals surface area contributed by atoms with Gasteiger partial charge in [-0.1, -0.05) is 51.9 Å². The first-order valence-electron chi connectivity index (χ1n) is 7.96. The molecule has 1 unspecified atom stereocenters. The van der Waals surface area contributed by atoms with Crippen molar-refractivity contribution in [3.8, 4) is 0 Å². The summed E-state index contributed by atoms with van der Waals surface area (Å²) in [6.07, 6.45) is 13.0. The molecule has 0 saturated carbocycles. The second-order valence-corrected chi connectivity index (χ2v) is 5.82. The van der Waals surface area contributed by atoms with Crippen molar-refractivity contribution in [1.82, 2.24) is 0 Å². The molecule has 116 valence electrons. The van der Waals surface area contributed by atoms with Gasteiger partial charge in [-0.05, 0) is 25.0 Å². The maximum atomic E-state index is 5.42. The van der Waals surface area contributed by atoms with Crippen molar-refractivity contribution in [2.24, 2.45) is 5.92 Å². The summed E-state index contributed by atoms with van der Waals surface area (Å²) < 4.78 is 10.8. The quantitative estimate of drug-likeness (QED) is 0.273. The van der Waals surface area contributed by atoms with Gasteiger partial charge in [0.2, 0.25) is 0 Å². The van der Waals surface area contributed by atoms with Crippen LogP contribution >= 0.6 is 12.6 Å². The standard InChI is InChI=1S/C16H34O2S/c1-4-5-6-7-8-9-10-12-15(13-11-14-19)16(17-2)18-3/h15-16,19H,4-14H2,1-3H3. The number of unbranched alkanes of at least 4 members (excludes halogenated alkanes) is 6. The first kappa shape index (κ1) is 19.3. The lowest BCUT2D eigenvalue weighted by Gasteiger charge is -2.24. The number of thiol groups is 1. The topological polar surface area (TPSA) is 18.5 Å². The Kier molecular flexibility index (Phi) is 14.9. The van der Waals surface area contributed by atoms with Crippen molar-refractivity contribution < 1.29 is 9.47 Å². The molecule has 0 N–H and O–H groups in total. The molecule has 0 aromatic rings. The number of hydrogen-bond donors (Lipinski definition) is 1. The second-order valence-electron chi connectivity index (χ2n) is 5.38. The fourth-order valence-corrected chi connectivity index (χ4v) is 2.80. The van der Waals surface area contributed by atoms with E-state index in [0.717, 1.165) is 18.6 Å². The van der Waals surface area contributed by atoms with Gasteiger partial charge in [0.1, 0.15) is 0 Å². The minimum atomic E-state index is -0.0417. The van der Waals surface area contributed by atoms with E-state index in [1.165, 1.54) is 51.4 Å². The maximum Gasteiger partial charge on any atom is 0.159 e. The van der Waals surface area contributed by atoms with Crippen LogP contribution in [-0.2, 0) is 9.47 Å². The predicted octanol–water partition coefficient (Wildman–Crippen LogP) is 5.07. The van der Waals surface area contributed by atoms with E-state index in [1.54, 1.807) is 14.2 Å². The monoisotopic (exact) mass is 290 g/mol. The van der Waals surface area contributed by atoms with Crippen LogP contribution in [0.5, 0.6) is 0 Å². The minimum absolute atomic E-state index is 0.0417. The highest BCUT2D eigenvalue weighted by molar-refractivity contribution is 7.80. The summed E-state index contributed by atoms with van der Waals surface area (Å²) in [5, 5.41) is 0. The van der Waals surface area contributed by atoms with E-state index in [9.17, 15) is 0 Å². The van der Waals surface area contributed by atoms with Crippen LogP contribution in [-0.4, -0.2) is 26.3 Å². The van der Waals surface area contributed by atoms with Gasteiger partial charge < -0.3 is 9.47 Å². The van der Waals surface area contributed by atoms with Crippen LogP contribution in [0.15, 0.2) is 0 Å². The van der Waals surface area contributed by atoms with Gasteiger partial charge in [0.15, 0.2) is 6.29 Å². The highest BCUT2D eigenvalue weighted by Gasteiger charge is 2.19. The normalized spacial score (nSPS) is 13.1. The van der Waals surface area contributed by atoms with E-state index in [1.807, 2.05) is 0 Å². The molecule has 0 saturated heterocycles. The molecule has 19 heavy (non-hydrogen) atoms. The molecular weight excluding hydrogens is 256 g/mol. The lowest BCUT2D eigenvalue weighted by molar-refractivity contribution is -0.140. The van der Waals surface area contributed by atoms with Gasteiger partial charge in [0, 0.05) is 20.1 Å². The Morgan fingerprint density at radius 3 is 1.84 bits per heavy atom. The highest BCUT2D eigenvalue weighted by Crippen LogP contribution is 2.22. The number of hydrogen-bond acceptors (Lipinski definition) is 3. The number of ether oxygens (including phenoxy) is 2. The summed E-state index contributed by atoms with van der Waals surface area (Å²) in [6, 6.07) is 0. The second kappa shape index (κ2) is 14.7. The largest absolute Gasteiger partial charge is 0.356 e. The average Bonchev–Trinajstić information content (AvgIpc) is 2.44. The van der Waals surface area contributed by atoms with Gasteiger partial charge >= 0.3 is 0 Å². The molecule has 3 heteroatoms. The first-order valence-corrected chi connectivity index (χ1v) is 8.59. The smallest absolute Gasteiger partial charge is 0.159 e. The van der Waals surface area contributed by atoms with Crippen LogP contribution in [0, 0.1) is 5.92 Å². The molecule has 0 aromatic carbocycles. The fourth-order valence-electron chi connectivity index (χ4n) is 2.61. The molecule has 0 radical (unpaired) electrons. The number of rotatable bonds is 14. The van der Waals surface area contributed by atoms with Gasteiger partial charge in [-0.2, -0.15) is 12.6 Å². The van der Waals surface area contributed by atoms with Crippen molar-refractivity contribution >= 4 is 12.6 Å². The minimum Gasteiger partial charge on any atom is -0.356 e. The van der Waals surface area contributed by atoms with Crippen molar-refractivity contribution in [3.05, 3.63) is 0 Å². The zero-order valence-corrected chi connectivity index (χ0v) is 14.1. The molecule has 0 rings (SSSR count). The van der Waals surface area contributed by atoms with E-state index in [-0.39, 0.29) is 6.29 Å². The van der Waals surface area contributed by atoms with Crippen molar-refractivity contribution in [2.45, 2.75) is 77.4 Å². The molecule has 0 aromatic heterocycles. The van der Waals surface area contributed by atoms with E-state index >= 15 is 0 Å². The molecule has 2 nitrogen and oxygen atoms in total. The predicted molar refractivity (Wildman–Crippen MR) is 87.0 cm³/mol. The van der Waals surface area contributed by atoms with Crippen LogP contribution in [0.4, 0.5) is 0 Å². The average molecular weight is 291 g/mol. The molecule has 0 heterocycles. The van der Waals surface area contributed by atoms with Gasteiger partial charge in [-0.15, -0.1) is 0 Å². The molecular formula is C16H34O2S. The molecule has 0 bridgehead atoms. The van der Waals surface area contributed by atoms with Crippen LogP contribution in [0.1, 0.15) is 71.1 Å². The summed E-state index contributed by atoms with van der Waals surface area (Å²) >= 11 is 4.30. The molecule has 0 amide bonds. The molecule has 0 aliphatic rings. The SMILES string of the molecule is CCCCCCCCCC(CCCS)C(OC)OC. The Hall–Kier alpha value is 0.270. The van der Waals surface area contributed by atoms with Gasteiger partial charge in [0.05, 0.1) is 0 Å². The Morgan fingerprint density at radius 1 is 0.789 bits per heavy atom. The van der Waals surface area contributed by atoms with Crippen molar-refractivity contribution in [3.63, 3.8) is 0 Å². The molecule has 0 fully saturated rings. The Balaban J connectivity index is 3.72. The Bertz CT molecular complexity index is 172. The zero-order valence-electron chi connectivity index (χ0n) is 13.2. The summed E-state index contributed by atoms with van der Waals surface area (Å²) in [5.74, 6) is 1.48. The van der Waals surface area contributed by atoms with Crippen LogP contribution in [0.3, 0.4) is 0 Å². The lowest BCUT2D eigenvalue weighted by Crippen LogP contribution is -2.25. The van der Waals surface area contributed by atoms with Gasteiger partial charge in [-0.25, -0.2) is 0 Å². The van der Waals surface area contributed by atoms with Crippen molar-refractivity contribution in [1.29, 1.82) is 0 Å². The van der Waals surface area contributed by atoms with Crippen LogP contribution in [0.2, 0.25) is 0 Å². The highest BCUT2D eigenvalue weighted by atomic mass is 32.1. The van der Waals surface area contributed by atoms with E-state index in [2.05, 4.69) is 19.6 Å². The van der Waals surface area contributed by atoms with Crippen LogP contribution in [0.25, 0.3) is 0 Å². The molecule has 0 aliphatic carbocycles. The van der Waals surface area contributed by atoms with E-state index < -0.39 is 0 Å². The van der Waals surface area contributed by atoms with Crippen LogP contribution < -0.4 is 0 Å². The summed E-state index contributed by atoms with van der Waals surface area (Å²) in [4.78, 5) is 0. The summed E-state index contributed by atoms with van der Waals surface area (Å²) in [6.45, 7) is 2.27. The van der Waals surface area contributed by atoms with Gasteiger partial charge in [0.25, 0.3) is 0 Å². The summed E-state index contributed by atoms with van der Waals surface area (Å²) in [7, 11) is 3.49. The molecule has 1 atom stereocenters. The first-order chi connectivity index (χ1) is 9.29. The third kappa shape index (κ3) is 10.7. The lowest BCUT2D eigenvalue weighted by atomic mass is 9.95. The number of methoxy groups -OCH3 is 2. The zero-order chi connectivity index (χ0) is 14.3. The Labute approximate surface area is 126 Å². The third-order valence-electron chi connectivity index (χ3n) is 3.76. The van der Waals surface area contributed by atoms with E-state index in [4.69, 9.17) is 9.47 Å². The molecule has 0 spiro atoms. The Morgan fingerprint density at radius 2 is 1.32 bits per heavy atom. The summed E-state index contributed by atoms with van der Waals surface area (Å²) in [5.41, 5.74) is 0. The maximum absolute atomic E-state index is 5.42. The third-order valence-corrected chi connectivity index (χ3v) is 4.08. The van der Waals surface area contributed by atoms with Gasteiger partial charge in [-0.3, -0.25) is 0 Å². The fraction of sp³-hybridized carbons (Fsp3) is 1.00. The molecule has 0 aliphatic heterocycles. The van der Waals surface area contributed by atoms with E-state index in [0.29, 0.717) is 5.92 Å². The van der Waals surface area contributed by atoms with Crippen molar-refractivity contribution in [2.75, 3.05) is 20.0 Å².